The van der Waals surface area contributed by atoms with E-state index in [4.69, 9.17) is 0 Å². The summed E-state index contributed by atoms with van der Waals surface area (Å²) < 4.78 is 11.5. The lowest BCUT2D eigenvalue weighted by Crippen LogP contribution is -2.41. The van der Waals surface area contributed by atoms with Gasteiger partial charge in [-0.1, -0.05) is 23.3 Å². The van der Waals surface area contributed by atoms with Crippen molar-refractivity contribution in [2.45, 2.75) is 39.4 Å². The van der Waals surface area contributed by atoms with Crippen LogP contribution in [0, 0.1) is 0 Å². The predicted molar refractivity (Wildman–Crippen MR) is 80.5 cm³/mol. The van der Waals surface area contributed by atoms with Gasteiger partial charge in [0.2, 0.25) is 0 Å². The summed E-state index contributed by atoms with van der Waals surface area (Å²) in [5, 5.41) is 2.35. The zero-order valence-electron chi connectivity index (χ0n) is 12.8. The topological polar surface area (TPSA) is 89.9 Å². The van der Waals surface area contributed by atoms with Gasteiger partial charge >= 0.3 is 13.6 Å². The maximum Gasteiger partial charge on any atom is 0.351 e. The Morgan fingerprint density at radius 2 is 1.90 bits per heavy atom. The zero-order chi connectivity index (χ0) is 15.9. The standard InChI is InChI=1S/C13H25N2O4P/c1-10(2)7-6-8-11(3)9-12(20(17,18)19)15(5)13(16)14-4/h7,9,12H,6,8H2,1-5H3,(H,14,16)(H2,17,18,19). The van der Waals surface area contributed by atoms with Crippen molar-refractivity contribution in [3.05, 3.63) is 23.3 Å². The Morgan fingerprint density at radius 3 is 2.30 bits per heavy atom. The number of likely N-dealkylation sites (N-methyl/N-ethyl adjacent to an activating group) is 1. The lowest BCUT2D eigenvalue weighted by Gasteiger charge is -2.26. The second kappa shape index (κ2) is 8.25. The van der Waals surface area contributed by atoms with Crippen LogP contribution in [0.5, 0.6) is 0 Å². The molecule has 0 spiro atoms. The Labute approximate surface area is 120 Å². The molecule has 0 rings (SSSR count). The van der Waals surface area contributed by atoms with Crippen molar-refractivity contribution in [1.29, 1.82) is 0 Å². The van der Waals surface area contributed by atoms with Gasteiger partial charge in [-0.05, 0) is 33.6 Å². The number of amides is 2. The highest BCUT2D eigenvalue weighted by molar-refractivity contribution is 7.52. The molecule has 0 aliphatic carbocycles. The molecule has 116 valence electrons. The van der Waals surface area contributed by atoms with Gasteiger partial charge in [-0.25, -0.2) is 4.79 Å². The van der Waals surface area contributed by atoms with E-state index in [0.717, 1.165) is 16.9 Å². The molecule has 0 aromatic carbocycles. The predicted octanol–water partition coefficient (Wildman–Crippen LogP) is 2.45. The molecule has 0 fully saturated rings. The molecule has 0 saturated heterocycles. The van der Waals surface area contributed by atoms with Crippen LogP contribution >= 0.6 is 7.60 Å². The summed E-state index contributed by atoms with van der Waals surface area (Å²) in [7, 11) is -1.65. The number of hydrogen-bond acceptors (Lipinski definition) is 2. The van der Waals surface area contributed by atoms with E-state index in [1.165, 1.54) is 25.7 Å². The monoisotopic (exact) mass is 304 g/mol. The summed E-state index contributed by atoms with van der Waals surface area (Å²) >= 11 is 0. The largest absolute Gasteiger partial charge is 0.351 e. The lowest BCUT2D eigenvalue weighted by atomic mass is 10.1. The van der Waals surface area contributed by atoms with E-state index in [9.17, 15) is 19.1 Å². The summed E-state index contributed by atoms with van der Waals surface area (Å²) in [6.45, 7) is 5.80. The van der Waals surface area contributed by atoms with Crippen molar-refractivity contribution in [3.63, 3.8) is 0 Å². The maximum atomic E-state index is 11.5. The molecular formula is C13H25N2O4P. The van der Waals surface area contributed by atoms with E-state index >= 15 is 0 Å². The first-order valence-electron chi connectivity index (χ1n) is 6.40. The quantitative estimate of drug-likeness (QED) is 0.519. The first-order valence-corrected chi connectivity index (χ1v) is 8.08. The lowest BCUT2D eigenvalue weighted by molar-refractivity contribution is 0.205. The molecule has 7 heteroatoms. The molecule has 0 radical (unpaired) electrons. The summed E-state index contributed by atoms with van der Waals surface area (Å²) in [6, 6.07) is -0.535. The minimum Gasteiger partial charge on any atom is -0.341 e. The van der Waals surface area contributed by atoms with Gasteiger partial charge in [-0.15, -0.1) is 0 Å². The number of nitrogens with one attached hydrogen (secondary N) is 1. The van der Waals surface area contributed by atoms with Crippen molar-refractivity contribution in [2.75, 3.05) is 14.1 Å². The Kier molecular flexibility index (Phi) is 7.79. The SMILES string of the molecule is CNC(=O)N(C)C(C=C(C)CCC=C(C)C)P(=O)(O)O. The number of urea groups is 1. The molecule has 0 aliphatic rings. The fourth-order valence-electron chi connectivity index (χ4n) is 1.66. The van der Waals surface area contributed by atoms with E-state index in [0.29, 0.717) is 6.42 Å². The van der Waals surface area contributed by atoms with Crippen molar-refractivity contribution in [2.24, 2.45) is 0 Å². The summed E-state index contributed by atoms with van der Waals surface area (Å²) in [5.41, 5.74) is 2.04. The number of rotatable bonds is 6. The molecule has 0 bridgehead atoms. The van der Waals surface area contributed by atoms with Gasteiger partial charge in [0.1, 0.15) is 0 Å². The Bertz CT molecular complexity index is 436. The van der Waals surface area contributed by atoms with Crippen LogP contribution in [0.2, 0.25) is 0 Å². The number of carbonyl (C=O) groups is 1. The first kappa shape index (κ1) is 18.9. The van der Waals surface area contributed by atoms with Gasteiger partial charge in [0, 0.05) is 14.1 Å². The summed E-state index contributed by atoms with van der Waals surface area (Å²) in [5.74, 6) is -1.24. The molecule has 0 heterocycles. The van der Waals surface area contributed by atoms with E-state index in [1.807, 2.05) is 13.8 Å². The van der Waals surface area contributed by atoms with Gasteiger partial charge in [0.15, 0.2) is 5.78 Å². The number of carbonyl (C=O) groups excluding carboxylic acids is 1. The van der Waals surface area contributed by atoms with Crippen LogP contribution in [-0.2, 0) is 4.57 Å². The van der Waals surface area contributed by atoms with Gasteiger partial charge < -0.3 is 20.0 Å². The molecular weight excluding hydrogens is 279 g/mol. The number of allylic oxidation sites excluding steroid dienone is 3. The normalized spacial score (nSPS) is 13.7. The van der Waals surface area contributed by atoms with E-state index in [1.54, 1.807) is 6.92 Å². The van der Waals surface area contributed by atoms with E-state index in [2.05, 4.69) is 11.4 Å². The number of hydrogen-bond donors (Lipinski definition) is 3. The highest BCUT2D eigenvalue weighted by Crippen LogP contribution is 2.43. The molecule has 20 heavy (non-hydrogen) atoms. The van der Waals surface area contributed by atoms with Crippen molar-refractivity contribution in [3.8, 4) is 0 Å². The van der Waals surface area contributed by atoms with Crippen molar-refractivity contribution >= 4 is 13.6 Å². The minimum atomic E-state index is -4.43. The summed E-state index contributed by atoms with van der Waals surface area (Å²) in [6.07, 6.45) is 5.03. The third-order valence-corrected chi connectivity index (χ3v) is 3.99. The molecule has 1 atom stereocenters. The molecule has 0 aromatic rings. The third kappa shape index (κ3) is 6.89. The van der Waals surface area contributed by atoms with Crippen molar-refractivity contribution < 1.29 is 19.1 Å². The van der Waals surface area contributed by atoms with Crippen LogP contribution in [0.15, 0.2) is 23.3 Å². The molecule has 0 saturated carbocycles. The first-order chi connectivity index (χ1) is 9.09. The number of nitrogens with zero attached hydrogens (tertiary/aromatic N) is 1. The highest BCUT2D eigenvalue weighted by atomic mass is 31.2. The fourth-order valence-corrected chi connectivity index (χ4v) is 2.66. The summed E-state index contributed by atoms with van der Waals surface area (Å²) in [4.78, 5) is 31.3. The van der Waals surface area contributed by atoms with Crippen LogP contribution in [0.25, 0.3) is 0 Å². The molecule has 6 nitrogen and oxygen atoms in total. The minimum absolute atomic E-state index is 0.535. The molecule has 3 N–H and O–H groups in total. The fraction of sp³-hybridized carbons (Fsp3) is 0.615. The van der Waals surface area contributed by atoms with Crippen LogP contribution in [-0.4, -0.2) is 40.6 Å². The van der Waals surface area contributed by atoms with Crippen LogP contribution < -0.4 is 5.32 Å². The van der Waals surface area contributed by atoms with Crippen LogP contribution in [0.3, 0.4) is 0 Å². The van der Waals surface area contributed by atoms with Gasteiger partial charge in [0.25, 0.3) is 0 Å². The Hall–Kier alpha value is -1.10. The average Bonchev–Trinajstić information content (AvgIpc) is 2.32. The van der Waals surface area contributed by atoms with Crippen molar-refractivity contribution in [1.82, 2.24) is 10.2 Å². The maximum absolute atomic E-state index is 11.5. The highest BCUT2D eigenvalue weighted by Gasteiger charge is 2.33. The average molecular weight is 304 g/mol. The molecule has 2 amide bonds. The molecule has 0 aromatic heterocycles. The van der Waals surface area contributed by atoms with Gasteiger partial charge in [0.05, 0.1) is 0 Å². The second-order valence-corrected chi connectivity index (χ2v) is 6.71. The zero-order valence-corrected chi connectivity index (χ0v) is 13.6. The van der Waals surface area contributed by atoms with Crippen LogP contribution in [0.1, 0.15) is 33.6 Å². The van der Waals surface area contributed by atoms with E-state index in [-0.39, 0.29) is 0 Å². The Balaban J connectivity index is 5.03. The Morgan fingerprint density at radius 1 is 1.35 bits per heavy atom. The van der Waals surface area contributed by atoms with Gasteiger partial charge in [-0.3, -0.25) is 4.57 Å². The molecule has 0 aliphatic heterocycles. The van der Waals surface area contributed by atoms with E-state index < -0.39 is 19.4 Å². The third-order valence-electron chi connectivity index (χ3n) is 2.80. The molecule has 1 unspecified atom stereocenters. The van der Waals surface area contributed by atoms with Gasteiger partial charge in [-0.2, -0.15) is 0 Å². The second-order valence-electron chi connectivity index (χ2n) is 5.00. The smallest absolute Gasteiger partial charge is 0.341 e. The van der Waals surface area contributed by atoms with Crippen LogP contribution in [0.4, 0.5) is 4.79 Å².